The maximum absolute atomic E-state index is 12.9. The Kier molecular flexibility index (Phi) is 6.60. The predicted molar refractivity (Wildman–Crippen MR) is 105 cm³/mol. The fourth-order valence-corrected chi connectivity index (χ4v) is 3.34. The van der Waals surface area contributed by atoms with Gasteiger partial charge < -0.3 is 14.5 Å². The Labute approximate surface area is 160 Å². The van der Waals surface area contributed by atoms with Crippen LogP contribution in [0.4, 0.5) is 0 Å². The number of methoxy groups -OCH3 is 1. The molecule has 0 aromatic heterocycles. The van der Waals surface area contributed by atoms with E-state index in [-0.39, 0.29) is 11.8 Å². The van der Waals surface area contributed by atoms with Crippen molar-refractivity contribution in [1.82, 2.24) is 9.80 Å². The summed E-state index contributed by atoms with van der Waals surface area (Å²) < 4.78 is 4.98. The average molecular weight is 366 g/mol. The highest BCUT2D eigenvalue weighted by atomic mass is 16.5. The Hall–Kier alpha value is -2.66. The van der Waals surface area contributed by atoms with Crippen molar-refractivity contribution in [3.8, 4) is 11.1 Å². The van der Waals surface area contributed by atoms with E-state index in [2.05, 4.69) is 12.1 Å². The van der Waals surface area contributed by atoms with Gasteiger partial charge in [0.15, 0.2) is 0 Å². The molecule has 5 nitrogen and oxygen atoms in total. The van der Waals surface area contributed by atoms with Crippen LogP contribution < -0.4 is 0 Å². The summed E-state index contributed by atoms with van der Waals surface area (Å²) in [6.07, 6.45) is 1.19. The molecule has 2 aromatic carbocycles. The number of benzene rings is 2. The lowest BCUT2D eigenvalue weighted by Crippen LogP contribution is -2.37. The quantitative estimate of drug-likeness (QED) is 0.817. The Morgan fingerprint density at radius 2 is 1.48 bits per heavy atom. The maximum Gasteiger partial charge on any atom is 0.253 e. The van der Waals surface area contributed by atoms with Crippen LogP contribution in [0.15, 0.2) is 54.6 Å². The first kappa shape index (κ1) is 19.1. The van der Waals surface area contributed by atoms with Crippen LogP contribution in [0.25, 0.3) is 11.1 Å². The second-order valence-electron chi connectivity index (χ2n) is 6.71. The van der Waals surface area contributed by atoms with Crippen LogP contribution in [-0.4, -0.2) is 61.5 Å². The van der Waals surface area contributed by atoms with Gasteiger partial charge >= 0.3 is 0 Å². The molecule has 142 valence electrons. The maximum atomic E-state index is 12.9. The lowest BCUT2D eigenvalue weighted by atomic mass is 10.0. The van der Waals surface area contributed by atoms with Gasteiger partial charge in [-0.15, -0.1) is 0 Å². The fraction of sp³-hybridized carbons (Fsp3) is 0.364. The number of ether oxygens (including phenoxy) is 1. The van der Waals surface area contributed by atoms with E-state index in [1.807, 2.05) is 52.3 Å². The van der Waals surface area contributed by atoms with Crippen LogP contribution in [0, 0.1) is 0 Å². The summed E-state index contributed by atoms with van der Waals surface area (Å²) in [4.78, 5) is 28.7. The largest absolute Gasteiger partial charge is 0.384 e. The third-order valence-corrected chi connectivity index (χ3v) is 4.89. The number of hydrogen-bond acceptors (Lipinski definition) is 3. The van der Waals surface area contributed by atoms with Crippen LogP contribution in [0.5, 0.6) is 0 Å². The fourth-order valence-electron chi connectivity index (χ4n) is 3.34. The molecule has 0 aliphatic carbocycles. The van der Waals surface area contributed by atoms with Crippen LogP contribution >= 0.6 is 0 Å². The molecule has 1 heterocycles. The zero-order chi connectivity index (χ0) is 19.1. The number of hydrogen-bond donors (Lipinski definition) is 0. The van der Waals surface area contributed by atoms with E-state index in [1.54, 1.807) is 7.11 Å². The molecule has 0 N–H and O–H groups in total. The van der Waals surface area contributed by atoms with Gasteiger partial charge in [-0.1, -0.05) is 42.5 Å². The van der Waals surface area contributed by atoms with E-state index < -0.39 is 0 Å². The van der Waals surface area contributed by atoms with E-state index in [1.165, 1.54) is 0 Å². The Bertz CT molecular complexity index is 759. The van der Waals surface area contributed by atoms with Crippen LogP contribution in [0.3, 0.4) is 0 Å². The van der Waals surface area contributed by atoms with Gasteiger partial charge in [0.05, 0.1) is 13.0 Å². The Balaban J connectivity index is 1.61. The van der Waals surface area contributed by atoms with Crippen molar-refractivity contribution in [2.45, 2.75) is 12.8 Å². The molecular weight excluding hydrogens is 340 g/mol. The molecule has 27 heavy (non-hydrogen) atoms. The summed E-state index contributed by atoms with van der Waals surface area (Å²) in [6, 6.07) is 17.9. The van der Waals surface area contributed by atoms with Gasteiger partial charge in [0, 0.05) is 38.9 Å². The van der Waals surface area contributed by atoms with E-state index in [0.29, 0.717) is 44.8 Å². The molecule has 1 aliphatic heterocycles. The van der Waals surface area contributed by atoms with Crippen molar-refractivity contribution in [2.24, 2.45) is 0 Å². The van der Waals surface area contributed by atoms with Gasteiger partial charge in [-0.2, -0.15) is 0 Å². The highest BCUT2D eigenvalue weighted by molar-refractivity contribution is 5.94. The van der Waals surface area contributed by atoms with Crippen molar-refractivity contribution in [1.29, 1.82) is 0 Å². The molecular formula is C22H26N2O3. The molecule has 0 saturated carbocycles. The minimum Gasteiger partial charge on any atom is -0.384 e. The van der Waals surface area contributed by atoms with E-state index >= 15 is 0 Å². The molecule has 0 spiro atoms. The molecule has 1 saturated heterocycles. The molecule has 2 aromatic rings. The predicted octanol–water partition coefficient (Wildman–Crippen LogP) is 3.06. The standard InChI is InChI=1S/C22H26N2O3/c1-27-17-12-21(25)23-13-5-14-24(16-15-23)22(26)20-10-8-19(9-11-20)18-6-3-2-4-7-18/h2-4,6-11H,5,12-17H2,1H3. The van der Waals surface area contributed by atoms with E-state index in [9.17, 15) is 9.59 Å². The molecule has 5 heteroatoms. The molecule has 0 unspecified atom stereocenters. The van der Waals surface area contributed by atoms with Crippen molar-refractivity contribution >= 4 is 11.8 Å². The number of amides is 2. The zero-order valence-corrected chi connectivity index (χ0v) is 15.8. The zero-order valence-electron chi connectivity index (χ0n) is 15.8. The summed E-state index contributed by atoms with van der Waals surface area (Å²) in [7, 11) is 1.60. The highest BCUT2D eigenvalue weighted by Crippen LogP contribution is 2.20. The number of nitrogens with zero attached hydrogens (tertiary/aromatic N) is 2. The van der Waals surface area contributed by atoms with Crippen molar-refractivity contribution in [2.75, 3.05) is 39.9 Å². The number of rotatable bonds is 5. The summed E-state index contributed by atoms with van der Waals surface area (Å²) in [5, 5.41) is 0. The first-order valence-electron chi connectivity index (χ1n) is 9.40. The van der Waals surface area contributed by atoms with Crippen molar-refractivity contribution < 1.29 is 14.3 Å². The van der Waals surface area contributed by atoms with Gasteiger partial charge in [0.25, 0.3) is 5.91 Å². The molecule has 0 bridgehead atoms. The highest BCUT2D eigenvalue weighted by Gasteiger charge is 2.22. The van der Waals surface area contributed by atoms with E-state index in [0.717, 1.165) is 17.5 Å². The average Bonchev–Trinajstić information content (AvgIpc) is 2.98. The molecule has 3 rings (SSSR count). The monoisotopic (exact) mass is 366 g/mol. The molecule has 1 fully saturated rings. The summed E-state index contributed by atoms with van der Waals surface area (Å²) >= 11 is 0. The van der Waals surface area contributed by atoms with Gasteiger partial charge in [-0.3, -0.25) is 9.59 Å². The lowest BCUT2D eigenvalue weighted by Gasteiger charge is -2.22. The topological polar surface area (TPSA) is 49.9 Å². The SMILES string of the molecule is COCCC(=O)N1CCCN(C(=O)c2ccc(-c3ccccc3)cc2)CC1. The summed E-state index contributed by atoms with van der Waals surface area (Å²) in [5.74, 6) is 0.124. The minimum absolute atomic E-state index is 0.0285. The second kappa shape index (κ2) is 9.33. The molecule has 2 amide bonds. The summed E-state index contributed by atoms with van der Waals surface area (Å²) in [5.41, 5.74) is 2.92. The third kappa shape index (κ3) is 4.95. The van der Waals surface area contributed by atoms with Gasteiger partial charge in [0.2, 0.25) is 5.91 Å². The van der Waals surface area contributed by atoms with Crippen molar-refractivity contribution in [3.63, 3.8) is 0 Å². The molecule has 0 atom stereocenters. The van der Waals surface area contributed by atoms with Crippen molar-refractivity contribution in [3.05, 3.63) is 60.2 Å². The second-order valence-corrected chi connectivity index (χ2v) is 6.71. The molecule has 1 aliphatic rings. The van der Waals surface area contributed by atoms with Gasteiger partial charge in [-0.05, 0) is 29.7 Å². The van der Waals surface area contributed by atoms with Crippen LogP contribution in [-0.2, 0) is 9.53 Å². The van der Waals surface area contributed by atoms with Crippen LogP contribution in [0.1, 0.15) is 23.2 Å². The van der Waals surface area contributed by atoms with E-state index in [4.69, 9.17) is 4.74 Å². The van der Waals surface area contributed by atoms with Gasteiger partial charge in [0.1, 0.15) is 0 Å². The lowest BCUT2D eigenvalue weighted by molar-refractivity contribution is -0.132. The number of carbonyl (C=O) groups excluding carboxylic acids is 2. The first-order chi connectivity index (χ1) is 13.2. The van der Waals surface area contributed by atoms with Crippen LogP contribution in [0.2, 0.25) is 0 Å². The smallest absolute Gasteiger partial charge is 0.253 e. The minimum atomic E-state index is 0.0285. The summed E-state index contributed by atoms with van der Waals surface area (Å²) in [6.45, 7) is 2.95. The van der Waals surface area contributed by atoms with Gasteiger partial charge in [-0.25, -0.2) is 0 Å². The molecule has 0 radical (unpaired) electrons. The number of carbonyl (C=O) groups is 2. The first-order valence-corrected chi connectivity index (χ1v) is 9.40. The normalized spacial score (nSPS) is 14.7. The third-order valence-electron chi connectivity index (χ3n) is 4.89. The Morgan fingerprint density at radius 3 is 2.19 bits per heavy atom. The Morgan fingerprint density at radius 1 is 0.852 bits per heavy atom.